The fourth-order valence-electron chi connectivity index (χ4n) is 3.09. The molecule has 1 aromatic carbocycles. The number of fused-ring (bicyclic) bond motifs is 1. The Hall–Kier alpha value is -2.24. The molecule has 7 nitrogen and oxygen atoms in total. The van der Waals surface area contributed by atoms with Crippen LogP contribution in [0.5, 0.6) is 0 Å². The first kappa shape index (κ1) is 24.4. The van der Waals surface area contributed by atoms with Crippen LogP contribution in [-0.4, -0.2) is 51.7 Å². The lowest BCUT2D eigenvalue weighted by atomic mass is 10.2. The number of alkyl halides is 3. The third-order valence-electron chi connectivity index (χ3n) is 4.51. The summed E-state index contributed by atoms with van der Waals surface area (Å²) in [7, 11) is 0. The SMILES string of the molecule is CCN(CCOC(C)=O)c1ncnc2c1c(SC)nn2-c1c(Cl)cc(C(F)(F)F)cc1Cl. The highest BCUT2D eigenvalue weighted by Crippen LogP contribution is 2.40. The number of carbonyl (C=O) groups is 1. The van der Waals surface area contributed by atoms with Crippen molar-refractivity contribution in [2.75, 3.05) is 30.9 Å². The fourth-order valence-corrected chi connectivity index (χ4v) is 4.29. The quantitative estimate of drug-likeness (QED) is 0.319. The van der Waals surface area contributed by atoms with Crippen molar-refractivity contribution in [1.29, 1.82) is 0 Å². The first-order chi connectivity index (χ1) is 15.1. The summed E-state index contributed by atoms with van der Waals surface area (Å²) in [5.74, 6) is 0.150. The van der Waals surface area contributed by atoms with Crippen LogP contribution in [0.15, 0.2) is 23.5 Å². The van der Waals surface area contributed by atoms with Crippen LogP contribution in [-0.2, 0) is 15.7 Å². The van der Waals surface area contributed by atoms with Gasteiger partial charge in [-0.1, -0.05) is 23.2 Å². The molecule has 13 heteroatoms. The van der Waals surface area contributed by atoms with E-state index < -0.39 is 17.7 Å². The summed E-state index contributed by atoms with van der Waals surface area (Å²) in [6.45, 7) is 4.33. The second-order valence-electron chi connectivity index (χ2n) is 6.52. The molecule has 172 valence electrons. The molecule has 0 fully saturated rings. The molecule has 0 aliphatic heterocycles. The van der Waals surface area contributed by atoms with Gasteiger partial charge in [-0.15, -0.1) is 11.8 Å². The van der Waals surface area contributed by atoms with Crippen molar-refractivity contribution in [3.05, 3.63) is 34.1 Å². The van der Waals surface area contributed by atoms with Gasteiger partial charge in [-0.25, -0.2) is 14.6 Å². The van der Waals surface area contributed by atoms with Crippen molar-refractivity contribution in [3.63, 3.8) is 0 Å². The minimum atomic E-state index is -4.60. The molecule has 3 rings (SSSR count). The molecule has 2 heterocycles. The van der Waals surface area contributed by atoms with Crippen LogP contribution >= 0.6 is 35.0 Å². The third-order valence-corrected chi connectivity index (χ3v) is 5.76. The van der Waals surface area contributed by atoms with Crippen molar-refractivity contribution < 1.29 is 22.7 Å². The van der Waals surface area contributed by atoms with E-state index in [9.17, 15) is 18.0 Å². The predicted octanol–water partition coefficient (Wildman–Crippen LogP) is 5.25. The number of nitrogens with zero attached hydrogens (tertiary/aromatic N) is 5. The van der Waals surface area contributed by atoms with Crippen LogP contribution in [0.4, 0.5) is 19.0 Å². The zero-order valence-corrected chi connectivity index (χ0v) is 19.5. The van der Waals surface area contributed by atoms with E-state index in [2.05, 4.69) is 15.1 Å². The fraction of sp³-hybridized carbons (Fsp3) is 0.368. The lowest BCUT2D eigenvalue weighted by Gasteiger charge is -2.22. The second-order valence-corrected chi connectivity index (χ2v) is 8.13. The topological polar surface area (TPSA) is 73.1 Å². The monoisotopic (exact) mass is 507 g/mol. The Bertz CT molecular complexity index is 1130. The van der Waals surface area contributed by atoms with Gasteiger partial charge in [-0.05, 0) is 25.3 Å². The largest absolute Gasteiger partial charge is 0.464 e. The highest BCUT2D eigenvalue weighted by molar-refractivity contribution is 7.98. The van der Waals surface area contributed by atoms with E-state index in [-0.39, 0.29) is 22.3 Å². The molecular weight excluding hydrogens is 490 g/mol. The van der Waals surface area contributed by atoms with Crippen LogP contribution in [0.25, 0.3) is 16.7 Å². The van der Waals surface area contributed by atoms with Gasteiger partial charge in [0.2, 0.25) is 0 Å². The molecule has 32 heavy (non-hydrogen) atoms. The molecule has 0 amide bonds. The molecule has 0 saturated heterocycles. The Kier molecular flexibility index (Phi) is 7.41. The number of benzene rings is 1. The number of hydrogen-bond donors (Lipinski definition) is 0. The van der Waals surface area contributed by atoms with Crippen molar-refractivity contribution >= 4 is 57.8 Å². The van der Waals surface area contributed by atoms with Gasteiger partial charge in [0.05, 0.1) is 27.5 Å². The number of halogens is 5. The minimum absolute atomic E-state index is 0.0826. The van der Waals surface area contributed by atoms with Crippen LogP contribution in [0.1, 0.15) is 19.4 Å². The van der Waals surface area contributed by atoms with E-state index in [4.69, 9.17) is 27.9 Å². The third kappa shape index (κ3) is 4.89. The first-order valence-corrected chi connectivity index (χ1v) is 11.3. The summed E-state index contributed by atoms with van der Waals surface area (Å²) < 4.78 is 45.7. The summed E-state index contributed by atoms with van der Waals surface area (Å²) >= 11 is 13.7. The summed E-state index contributed by atoms with van der Waals surface area (Å²) in [4.78, 5) is 21.6. The molecule has 0 spiro atoms. The van der Waals surface area contributed by atoms with Gasteiger partial charge < -0.3 is 9.64 Å². The second kappa shape index (κ2) is 9.72. The number of thioether (sulfide) groups is 1. The number of hydrogen-bond acceptors (Lipinski definition) is 7. The zero-order valence-electron chi connectivity index (χ0n) is 17.2. The van der Waals surface area contributed by atoms with Crippen molar-refractivity contribution in [3.8, 4) is 5.69 Å². The maximum Gasteiger partial charge on any atom is 0.416 e. The summed E-state index contributed by atoms with van der Waals surface area (Å²) in [5, 5.41) is 5.17. The number of carbonyl (C=O) groups excluding carboxylic acids is 1. The lowest BCUT2D eigenvalue weighted by Crippen LogP contribution is -2.28. The first-order valence-electron chi connectivity index (χ1n) is 9.31. The number of anilines is 1. The molecule has 0 saturated carbocycles. The summed E-state index contributed by atoms with van der Waals surface area (Å²) in [6.07, 6.45) is -1.48. The maximum absolute atomic E-state index is 13.1. The molecule has 3 aromatic rings. The van der Waals surface area contributed by atoms with Gasteiger partial charge in [0.15, 0.2) is 5.65 Å². The Morgan fingerprint density at radius 3 is 2.44 bits per heavy atom. The van der Waals surface area contributed by atoms with Gasteiger partial charge in [-0.2, -0.15) is 18.3 Å². The Morgan fingerprint density at radius 1 is 1.25 bits per heavy atom. The van der Waals surface area contributed by atoms with E-state index in [1.165, 1.54) is 29.7 Å². The van der Waals surface area contributed by atoms with E-state index in [1.54, 1.807) is 6.26 Å². The van der Waals surface area contributed by atoms with E-state index in [1.807, 2.05) is 11.8 Å². The lowest BCUT2D eigenvalue weighted by molar-refractivity contribution is -0.140. The molecule has 0 bridgehead atoms. The number of ether oxygens (including phenoxy) is 1. The summed E-state index contributed by atoms with van der Waals surface area (Å²) in [5.41, 5.74) is -0.552. The van der Waals surface area contributed by atoms with Crippen LogP contribution in [0, 0.1) is 0 Å². The normalized spacial score (nSPS) is 11.8. The Balaban J connectivity index is 2.16. The maximum atomic E-state index is 13.1. The van der Waals surface area contributed by atoms with E-state index in [0.29, 0.717) is 35.0 Å². The Labute approximate surface area is 195 Å². The summed E-state index contributed by atoms with van der Waals surface area (Å²) in [6, 6.07) is 1.60. The number of rotatable bonds is 7. The molecule has 0 aliphatic rings. The standard InChI is InChI=1S/C19H18Cl2F3N5O2S/c1-4-28(5-6-31-10(2)30)16-14-17(26-9-25-16)29(27-18(14)32-3)15-12(20)7-11(8-13(15)21)19(22,23)24/h7-9H,4-6H2,1-3H3. The van der Waals surface area contributed by atoms with Crippen LogP contribution in [0.2, 0.25) is 10.0 Å². The Morgan fingerprint density at radius 2 is 1.91 bits per heavy atom. The number of aromatic nitrogens is 4. The van der Waals surface area contributed by atoms with Crippen LogP contribution < -0.4 is 4.90 Å². The molecule has 0 radical (unpaired) electrons. The average molecular weight is 508 g/mol. The molecule has 0 aliphatic carbocycles. The van der Waals surface area contributed by atoms with Gasteiger partial charge in [0.1, 0.15) is 29.5 Å². The molecule has 0 atom stereocenters. The van der Waals surface area contributed by atoms with Crippen LogP contribution in [0.3, 0.4) is 0 Å². The molecule has 2 aromatic heterocycles. The molecule has 0 N–H and O–H groups in total. The highest BCUT2D eigenvalue weighted by atomic mass is 35.5. The van der Waals surface area contributed by atoms with Gasteiger partial charge in [-0.3, -0.25) is 4.79 Å². The minimum Gasteiger partial charge on any atom is -0.464 e. The molecular formula is C19H18Cl2F3N5O2S. The smallest absolute Gasteiger partial charge is 0.416 e. The van der Waals surface area contributed by atoms with E-state index in [0.717, 1.165) is 12.1 Å². The molecule has 0 unspecified atom stereocenters. The zero-order chi connectivity index (χ0) is 23.6. The highest BCUT2D eigenvalue weighted by Gasteiger charge is 2.33. The van der Waals surface area contributed by atoms with Gasteiger partial charge in [0.25, 0.3) is 0 Å². The van der Waals surface area contributed by atoms with Crippen molar-refractivity contribution in [1.82, 2.24) is 19.7 Å². The van der Waals surface area contributed by atoms with Crippen molar-refractivity contribution in [2.45, 2.75) is 25.0 Å². The van der Waals surface area contributed by atoms with Crippen molar-refractivity contribution in [2.24, 2.45) is 0 Å². The van der Waals surface area contributed by atoms with Gasteiger partial charge >= 0.3 is 12.1 Å². The van der Waals surface area contributed by atoms with Gasteiger partial charge in [0, 0.05) is 13.5 Å². The predicted molar refractivity (Wildman–Crippen MR) is 118 cm³/mol. The average Bonchev–Trinajstić information content (AvgIpc) is 3.09. The number of esters is 1. The van der Waals surface area contributed by atoms with E-state index >= 15 is 0 Å². The number of likely N-dealkylation sites (N-methyl/N-ethyl adjacent to an activating group) is 1.